The van der Waals surface area contributed by atoms with Gasteiger partial charge in [-0.25, -0.2) is 0 Å². The summed E-state index contributed by atoms with van der Waals surface area (Å²) >= 11 is 6.26. The highest BCUT2D eigenvalue weighted by molar-refractivity contribution is 6.33. The van der Waals surface area contributed by atoms with Crippen LogP contribution in [0.4, 0.5) is 5.69 Å². The van der Waals surface area contributed by atoms with Crippen LogP contribution in [-0.2, 0) is 4.74 Å². The summed E-state index contributed by atoms with van der Waals surface area (Å²) < 4.78 is 5.51. The normalized spacial score (nSPS) is 22.6. The van der Waals surface area contributed by atoms with Gasteiger partial charge in [-0.15, -0.1) is 0 Å². The van der Waals surface area contributed by atoms with Gasteiger partial charge >= 0.3 is 0 Å². The summed E-state index contributed by atoms with van der Waals surface area (Å²) in [5.74, 6) is 0. The molecule has 0 spiro atoms. The van der Waals surface area contributed by atoms with Gasteiger partial charge in [0, 0.05) is 13.1 Å². The molecule has 0 aromatic heterocycles. The van der Waals surface area contributed by atoms with E-state index in [9.17, 15) is 5.11 Å². The molecule has 3 nitrogen and oxygen atoms in total. The number of morpholine rings is 1. The predicted octanol–water partition coefficient (Wildman–Crippen LogP) is 2.62. The average Bonchev–Trinajstić information content (AvgIpc) is 2.28. The lowest BCUT2D eigenvalue weighted by Gasteiger charge is -2.33. The van der Waals surface area contributed by atoms with Crippen LogP contribution in [0, 0.1) is 0 Å². The second kappa shape index (κ2) is 5.25. The monoisotopic (exact) mass is 255 g/mol. The number of ether oxygens (including phenoxy) is 1. The molecule has 0 bridgehead atoms. The highest BCUT2D eigenvalue weighted by atomic mass is 35.5. The van der Waals surface area contributed by atoms with Crippen molar-refractivity contribution in [3.05, 3.63) is 28.8 Å². The fourth-order valence-corrected chi connectivity index (χ4v) is 2.39. The number of rotatable bonds is 2. The van der Waals surface area contributed by atoms with Gasteiger partial charge in [0.2, 0.25) is 0 Å². The molecule has 4 heteroatoms. The van der Waals surface area contributed by atoms with Crippen LogP contribution in [-0.4, -0.2) is 30.9 Å². The summed E-state index contributed by atoms with van der Waals surface area (Å²) in [7, 11) is 0. The number of hydrogen-bond acceptors (Lipinski definition) is 3. The maximum atomic E-state index is 9.50. The van der Waals surface area contributed by atoms with E-state index < -0.39 is 6.10 Å². The quantitative estimate of drug-likeness (QED) is 0.882. The Morgan fingerprint density at radius 1 is 1.53 bits per heavy atom. The smallest absolute Gasteiger partial charge is 0.0762 e. The molecular formula is C13H18ClNO2. The van der Waals surface area contributed by atoms with Crippen molar-refractivity contribution in [1.29, 1.82) is 0 Å². The van der Waals surface area contributed by atoms with Crippen LogP contribution in [0.3, 0.4) is 0 Å². The summed E-state index contributed by atoms with van der Waals surface area (Å²) in [5.41, 5.74) is 1.87. The van der Waals surface area contributed by atoms with Crippen LogP contribution in [0.15, 0.2) is 18.2 Å². The summed E-state index contributed by atoms with van der Waals surface area (Å²) in [4.78, 5) is 2.22. The molecule has 0 radical (unpaired) electrons. The summed E-state index contributed by atoms with van der Waals surface area (Å²) in [5, 5.41) is 10.2. The Labute approximate surface area is 107 Å². The van der Waals surface area contributed by atoms with Crippen molar-refractivity contribution in [1.82, 2.24) is 0 Å². The summed E-state index contributed by atoms with van der Waals surface area (Å²) in [6.45, 7) is 6.24. The van der Waals surface area contributed by atoms with E-state index in [1.54, 1.807) is 6.92 Å². The first kappa shape index (κ1) is 12.7. The fourth-order valence-electron chi connectivity index (χ4n) is 2.08. The van der Waals surface area contributed by atoms with Crippen LogP contribution < -0.4 is 4.90 Å². The van der Waals surface area contributed by atoms with E-state index in [2.05, 4.69) is 11.8 Å². The van der Waals surface area contributed by atoms with Crippen molar-refractivity contribution in [3.63, 3.8) is 0 Å². The SMILES string of the molecule is CC1CN(c2ccc([C@H](C)O)cc2Cl)CCO1. The predicted molar refractivity (Wildman–Crippen MR) is 69.7 cm³/mol. The van der Waals surface area contributed by atoms with Crippen LogP contribution in [0.25, 0.3) is 0 Å². The Bertz CT molecular complexity index is 395. The van der Waals surface area contributed by atoms with E-state index >= 15 is 0 Å². The first-order chi connectivity index (χ1) is 8.08. The zero-order valence-electron chi connectivity index (χ0n) is 10.2. The largest absolute Gasteiger partial charge is 0.389 e. The topological polar surface area (TPSA) is 32.7 Å². The molecule has 1 unspecified atom stereocenters. The first-order valence-electron chi connectivity index (χ1n) is 5.92. The Kier molecular flexibility index (Phi) is 3.92. The van der Waals surface area contributed by atoms with Crippen LogP contribution >= 0.6 is 11.6 Å². The molecule has 1 saturated heterocycles. The highest BCUT2D eigenvalue weighted by Crippen LogP contribution is 2.30. The van der Waals surface area contributed by atoms with Crippen molar-refractivity contribution in [2.45, 2.75) is 26.1 Å². The third-order valence-corrected chi connectivity index (χ3v) is 3.34. The van der Waals surface area contributed by atoms with Crippen LogP contribution in [0.2, 0.25) is 5.02 Å². The van der Waals surface area contributed by atoms with Crippen molar-refractivity contribution >= 4 is 17.3 Å². The van der Waals surface area contributed by atoms with E-state index in [-0.39, 0.29) is 6.10 Å². The van der Waals surface area contributed by atoms with Crippen molar-refractivity contribution in [2.24, 2.45) is 0 Å². The molecule has 1 aromatic rings. The van der Waals surface area contributed by atoms with Gasteiger partial charge in [0.15, 0.2) is 0 Å². The summed E-state index contributed by atoms with van der Waals surface area (Å²) in [6, 6.07) is 5.73. The maximum absolute atomic E-state index is 9.50. The Morgan fingerprint density at radius 3 is 2.88 bits per heavy atom. The van der Waals surface area contributed by atoms with Gasteiger partial charge in [-0.05, 0) is 31.5 Å². The molecular weight excluding hydrogens is 238 g/mol. The van der Waals surface area contributed by atoms with Gasteiger partial charge in [-0.1, -0.05) is 17.7 Å². The number of benzene rings is 1. The Balaban J connectivity index is 2.21. The molecule has 2 rings (SSSR count). The average molecular weight is 256 g/mol. The van der Waals surface area contributed by atoms with Crippen LogP contribution in [0.5, 0.6) is 0 Å². The molecule has 0 amide bonds. The third kappa shape index (κ3) is 2.92. The van der Waals surface area contributed by atoms with E-state index in [1.165, 1.54) is 0 Å². The minimum atomic E-state index is -0.481. The molecule has 17 heavy (non-hydrogen) atoms. The third-order valence-electron chi connectivity index (χ3n) is 3.04. The highest BCUT2D eigenvalue weighted by Gasteiger charge is 2.19. The zero-order valence-corrected chi connectivity index (χ0v) is 10.9. The minimum absolute atomic E-state index is 0.233. The fraction of sp³-hybridized carbons (Fsp3) is 0.538. The standard InChI is InChI=1S/C13H18ClNO2/c1-9-8-15(5-6-17-9)13-4-3-11(10(2)16)7-12(13)14/h3-4,7,9-10,16H,5-6,8H2,1-2H3/t9?,10-/m0/s1. The molecule has 2 atom stereocenters. The number of aliphatic hydroxyl groups is 1. The van der Waals surface area contributed by atoms with Crippen molar-refractivity contribution < 1.29 is 9.84 Å². The molecule has 1 N–H and O–H groups in total. The number of hydrogen-bond donors (Lipinski definition) is 1. The lowest BCUT2D eigenvalue weighted by Crippen LogP contribution is -2.41. The zero-order chi connectivity index (χ0) is 12.4. The lowest BCUT2D eigenvalue weighted by atomic mass is 10.1. The second-order valence-electron chi connectivity index (χ2n) is 4.51. The van der Waals surface area contributed by atoms with Gasteiger partial charge in [0.1, 0.15) is 0 Å². The van der Waals surface area contributed by atoms with E-state index in [0.29, 0.717) is 5.02 Å². The van der Waals surface area contributed by atoms with Gasteiger partial charge in [-0.3, -0.25) is 0 Å². The molecule has 1 aliphatic rings. The molecule has 1 heterocycles. The Hall–Kier alpha value is -0.770. The van der Waals surface area contributed by atoms with Crippen molar-refractivity contribution in [3.8, 4) is 0 Å². The van der Waals surface area contributed by atoms with Crippen LogP contribution in [0.1, 0.15) is 25.5 Å². The van der Waals surface area contributed by atoms with Gasteiger partial charge in [0.25, 0.3) is 0 Å². The van der Waals surface area contributed by atoms with E-state index in [4.69, 9.17) is 16.3 Å². The molecule has 0 aliphatic carbocycles. The molecule has 1 aliphatic heterocycles. The number of aliphatic hydroxyl groups excluding tert-OH is 1. The van der Waals surface area contributed by atoms with Gasteiger partial charge in [-0.2, -0.15) is 0 Å². The van der Waals surface area contributed by atoms with Crippen molar-refractivity contribution in [2.75, 3.05) is 24.6 Å². The lowest BCUT2D eigenvalue weighted by molar-refractivity contribution is 0.0532. The second-order valence-corrected chi connectivity index (χ2v) is 4.92. The number of anilines is 1. The van der Waals surface area contributed by atoms with Gasteiger partial charge < -0.3 is 14.7 Å². The first-order valence-corrected chi connectivity index (χ1v) is 6.30. The summed E-state index contributed by atoms with van der Waals surface area (Å²) in [6.07, 6.45) is -0.249. The van der Waals surface area contributed by atoms with E-state index in [1.807, 2.05) is 18.2 Å². The molecule has 0 saturated carbocycles. The maximum Gasteiger partial charge on any atom is 0.0762 e. The molecule has 94 valence electrons. The van der Waals surface area contributed by atoms with E-state index in [0.717, 1.165) is 30.9 Å². The molecule has 1 fully saturated rings. The van der Waals surface area contributed by atoms with Gasteiger partial charge in [0.05, 0.1) is 29.5 Å². The molecule has 1 aromatic carbocycles. The number of halogens is 1. The Morgan fingerprint density at radius 2 is 2.29 bits per heavy atom. The minimum Gasteiger partial charge on any atom is -0.389 e. The number of nitrogens with zero attached hydrogens (tertiary/aromatic N) is 1.